The third-order valence-corrected chi connectivity index (χ3v) is 9.14. The quantitative estimate of drug-likeness (QED) is 0.123. The van der Waals surface area contributed by atoms with Gasteiger partial charge in [0, 0.05) is 30.4 Å². The summed E-state index contributed by atoms with van der Waals surface area (Å²) >= 11 is 0. The SMILES string of the molecule is CCCCCCCCCCCCCCCCC1(C)c2ccccc2N(C)C12C=Cc1cc([N+](=O)[O-])ccc1O2. The van der Waals surface area contributed by atoms with Crippen LogP contribution in [0.25, 0.3) is 6.08 Å². The summed E-state index contributed by atoms with van der Waals surface area (Å²) in [5.41, 5.74) is 2.48. The maximum atomic E-state index is 11.3. The highest BCUT2D eigenvalue weighted by atomic mass is 16.6. The van der Waals surface area contributed by atoms with Gasteiger partial charge < -0.3 is 9.64 Å². The first-order valence-corrected chi connectivity index (χ1v) is 15.4. The van der Waals surface area contributed by atoms with Crippen LogP contribution in [0.4, 0.5) is 11.4 Å². The molecule has 39 heavy (non-hydrogen) atoms. The van der Waals surface area contributed by atoms with Gasteiger partial charge in [0.05, 0.1) is 10.3 Å². The molecular weight excluding hydrogens is 484 g/mol. The first-order valence-electron chi connectivity index (χ1n) is 15.4. The minimum Gasteiger partial charge on any atom is -0.463 e. The van der Waals surface area contributed by atoms with Crippen LogP contribution in [-0.2, 0) is 5.41 Å². The molecule has 0 saturated carbocycles. The lowest BCUT2D eigenvalue weighted by Gasteiger charge is -2.47. The second-order valence-corrected chi connectivity index (χ2v) is 11.9. The smallest absolute Gasteiger partial charge is 0.270 e. The number of para-hydroxylation sites is 1. The van der Waals surface area contributed by atoms with Crippen LogP contribution in [0.1, 0.15) is 121 Å². The summed E-state index contributed by atoms with van der Waals surface area (Å²) in [6.45, 7) is 4.61. The first-order chi connectivity index (χ1) is 18.9. The monoisotopic (exact) mass is 532 g/mol. The van der Waals surface area contributed by atoms with Crippen molar-refractivity contribution in [2.75, 3.05) is 11.9 Å². The van der Waals surface area contributed by atoms with Gasteiger partial charge in [-0.05, 0) is 43.2 Å². The normalized spacial score (nSPS) is 21.2. The lowest BCUT2D eigenvalue weighted by atomic mass is 9.71. The van der Waals surface area contributed by atoms with E-state index in [4.69, 9.17) is 4.74 Å². The van der Waals surface area contributed by atoms with Crippen molar-refractivity contribution in [3.05, 3.63) is 69.8 Å². The van der Waals surface area contributed by atoms with Crippen LogP contribution < -0.4 is 9.64 Å². The zero-order valence-electron chi connectivity index (χ0n) is 24.4. The number of nitrogens with zero attached hydrogens (tertiary/aromatic N) is 2. The maximum absolute atomic E-state index is 11.3. The number of rotatable bonds is 16. The minimum atomic E-state index is -0.656. The summed E-state index contributed by atoms with van der Waals surface area (Å²) in [5, 5.41) is 11.3. The van der Waals surface area contributed by atoms with Crippen molar-refractivity contribution in [3.8, 4) is 5.75 Å². The van der Waals surface area contributed by atoms with Gasteiger partial charge >= 0.3 is 0 Å². The van der Waals surface area contributed by atoms with E-state index in [2.05, 4.69) is 56.1 Å². The molecule has 5 nitrogen and oxygen atoms in total. The number of non-ortho nitro benzene ring substituents is 1. The fourth-order valence-electron chi connectivity index (χ4n) is 6.72. The van der Waals surface area contributed by atoms with Gasteiger partial charge in [-0.3, -0.25) is 10.1 Å². The Balaban J connectivity index is 1.30. The molecule has 0 N–H and O–H groups in total. The summed E-state index contributed by atoms with van der Waals surface area (Å²) in [6, 6.07) is 13.5. The van der Waals surface area contributed by atoms with E-state index >= 15 is 0 Å². The number of hydrogen-bond donors (Lipinski definition) is 0. The highest BCUT2D eigenvalue weighted by Gasteiger charge is 2.59. The van der Waals surface area contributed by atoms with Crippen LogP contribution in [0.2, 0.25) is 0 Å². The molecule has 0 aromatic heterocycles. The van der Waals surface area contributed by atoms with E-state index in [9.17, 15) is 10.1 Å². The topological polar surface area (TPSA) is 55.6 Å². The van der Waals surface area contributed by atoms with Crippen molar-refractivity contribution >= 4 is 17.5 Å². The van der Waals surface area contributed by atoms with Crippen LogP contribution in [-0.4, -0.2) is 17.7 Å². The molecule has 5 heteroatoms. The molecule has 2 aromatic rings. The Bertz CT molecular complexity index is 1130. The minimum absolute atomic E-state index is 0.0891. The Morgan fingerprint density at radius 3 is 2.05 bits per heavy atom. The summed E-state index contributed by atoms with van der Waals surface area (Å²) in [6.07, 6.45) is 24.1. The third-order valence-electron chi connectivity index (χ3n) is 9.14. The molecule has 0 radical (unpaired) electrons. The zero-order valence-corrected chi connectivity index (χ0v) is 24.4. The van der Waals surface area contributed by atoms with E-state index in [0.717, 1.165) is 18.4 Å². The molecule has 1 spiro atoms. The number of benzene rings is 2. The van der Waals surface area contributed by atoms with Gasteiger partial charge in [0.25, 0.3) is 5.69 Å². The average Bonchev–Trinajstić information content (AvgIpc) is 3.12. The Morgan fingerprint density at radius 1 is 0.846 bits per heavy atom. The van der Waals surface area contributed by atoms with Gasteiger partial charge in [0.2, 0.25) is 5.72 Å². The van der Waals surface area contributed by atoms with Gasteiger partial charge in [0.15, 0.2) is 0 Å². The van der Waals surface area contributed by atoms with Gasteiger partial charge in [-0.1, -0.05) is 115 Å². The summed E-state index contributed by atoms with van der Waals surface area (Å²) in [7, 11) is 2.11. The van der Waals surface area contributed by atoms with Gasteiger partial charge in [-0.15, -0.1) is 0 Å². The molecular formula is C34H48N2O3. The Kier molecular flexibility index (Phi) is 10.1. The molecule has 4 rings (SSSR count). The molecule has 212 valence electrons. The molecule has 2 aliphatic heterocycles. The molecule has 2 heterocycles. The zero-order chi connectivity index (χ0) is 27.7. The van der Waals surface area contributed by atoms with Crippen LogP contribution in [0, 0.1) is 10.1 Å². The lowest BCUT2D eigenvalue weighted by Crippen LogP contribution is -2.59. The lowest BCUT2D eigenvalue weighted by molar-refractivity contribution is -0.384. The van der Waals surface area contributed by atoms with Crippen LogP contribution >= 0.6 is 0 Å². The molecule has 0 aliphatic carbocycles. The highest BCUT2D eigenvalue weighted by Crippen LogP contribution is 2.56. The van der Waals surface area contributed by atoms with Crippen LogP contribution in [0.5, 0.6) is 5.75 Å². The van der Waals surface area contributed by atoms with E-state index in [-0.39, 0.29) is 16.0 Å². The second-order valence-electron chi connectivity index (χ2n) is 11.9. The predicted molar refractivity (Wildman–Crippen MR) is 163 cm³/mol. The molecule has 2 atom stereocenters. The van der Waals surface area contributed by atoms with Crippen molar-refractivity contribution in [3.63, 3.8) is 0 Å². The maximum Gasteiger partial charge on any atom is 0.270 e. The first kappa shape index (κ1) is 29.2. The number of nitro groups is 1. The molecule has 0 fully saturated rings. The molecule has 2 aliphatic rings. The molecule has 2 unspecified atom stereocenters. The third kappa shape index (κ3) is 6.34. The average molecular weight is 533 g/mol. The highest BCUT2D eigenvalue weighted by molar-refractivity contribution is 5.73. The molecule has 0 bridgehead atoms. The van der Waals surface area contributed by atoms with Gasteiger partial charge in [-0.2, -0.15) is 0 Å². The van der Waals surface area contributed by atoms with E-state index in [1.54, 1.807) is 18.2 Å². The van der Waals surface area contributed by atoms with Crippen molar-refractivity contribution in [1.82, 2.24) is 0 Å². The number of likely N-dealkylation sites (N-methyl/N-ethyl adjacent to an activating group) is 1. The van der Waals surface area contributed by atoms with Crippen LogP contribution in [0.15, 0.2) is 48.5 Å². The Hall–Kier alpha value is -2.82. The number of fused-ring (bicyclic) bond motifs is 2. The Labute approximate surface area is 235 Å². The molecule has 0 saturated heterocycles. The van der Waals surface area contributed by atoms with Crippen molar-refractivity contribution in [2.45, 2.75) is 121 Å². The number of unbranched alkanes of at least 4 members (excludes halogenated alkanes) is 13. The number of nitro benzene ring substituents is 1. The number of ether oxygens (including phenoxy) is 1. The fourth-order valence-corrected chi connectivity index (χ4v) is 6.72. The molecule has 0 amide bonds. The van der Waals surface area contributed by atoms with Crippen molar-refractivity contribution in [1.29, 1.82) is 0 Å². The van der Waals surface area contributed by atoms with Crippen molar-refractivity contribution in [2.24, 2.45) is 0 Å². The van der Waals surface area contributed by atoms with E-state index < -0.39 is 5.72 Å². The van der Waals surface area contributed by atoms with Gasteiger partial charge in [0.1, 0.15) is 5.75 Å². The summed E-state index contributed by atoms with van der Waals surface area (Å²) in [5.74, 6) is 0.704. The number of hydrogen-bond acceptors (Lipinski definition) is 4. The second kappa shape index (κ2) is 13.5. The van der Waals surface area contributed by atoms with E-state index in [0.29, 0.717) is 5.75 Å². The number of anilines is 1. The largest absolute Gasteiger partial charge is 0.463 e. The predicted octanol–water partition coefficient (Wildman–Crippen LogP) is 9.98. The van der Waals surface area contributed by atoms with E-state index in [1.165, 1.54) is 94.7 Å². The van der Waals surface area contributed by atoms with Crippen LogP contribution in [0.3, 0.4) is 0 Å². The summed E-state index contributed by atoms with van der Waals surface area (Å²) < 4.78 is 6.81. The summed E-state index contributed by atoms with van der Waals surface area (Å²) in [4.78, 5) is 13.2. The standard InChI is InChI=1S/C34H48N2O3/c1-4-5-6-7-8-9-10-11-12-13-14-15-16-19-25-33(2)30-20-17-18-21-31(30)35(3)34(33)26-24-28-27-29(36(37)38)22-23-32(28)39-34/h17-18,20-24,26-27H,4-16,19,25H2,1-3H3. The van der Waals surface area contributed by atoms with Gasteiger partial charge in [-0.25, -0.2) is 0 Å². The van der Waals surface area contributed by atoms with Crippen molar-refractivity contribution < 1.29 is 9.66 Å². The Morgan fingerprint density at radius 2 is 1.44 bits per heavy atom. The fraction of sp³-hybridized carbons (Fsp3) is 0.588. The molecule has 2 aromatic carbocycles. The van der Waals surface area contributed by atoms with E-state index in [1.807, 2.05) is 6.08 Å².